The molecular formula is C8H5BrF3IO. The van der Waals surface area contributed by atoms with Crippen LogP contribution < -0.4 is 4.74 Å². The first-order valence-electron chi connectivity index (χ1n) is 3.53. The van der Waals surface area contributed by atoms with Gasteiger partial charge in [-0.05, 0) is 28.7 Å². The molecule has 1 aromatic carbocycles. The SMILES string of the molecule is FC(F)(F)Oc1c(I)cccc1CBr. The summed E-state index contributed by atoms with van der Waals surface area (Å²) in [6, 6.07) is 4.83. The monoisotopic (exact) mass is 380 g/mol. The van der Waals surface area contributed by atoms with Crippen molar-refractivity contribution in [2.75, 3.05) is 0 Å². The standard InChI is InChI=1S/C8H5BrF3IO/c9-4-5-2-1-3-6(13)7(5)14-8(10,11)12/h1-3H,4H2. The lowest BCUT2D eigenvalue weighted by Gasteiger charge is -2.13. The summed E-state index contributed by atoms with van der Waals surface area (Å²) < 4.78 is 40.3. The third-order valence-corrected chi connectivity index (χ3v) is 2.86. The van der Waals surface area contributed by atoms with Crippen LogP contribution >= 0.6 is 38.5 Å². The van der Waals surface area contributed by atoms with Crippen LogP contribution in [0.1, 0.15) is 5.56 Å². The average Bonchev–Trinajstić information content (AvgIpc) is 2.06. The predicted molar refractivity (Wildman–Crippen MR) is 58.5 cm³/mol. The van der Waals surface area contributed by atoms with Gasteiger partial charge < -0.3 is 4.74 Å². The first kappa shape index (κ1) is 12.1. The predicted octanol–water partition coefficient (Wildman–Crippen LogP) is 4.08. The van der Waals surface area contributed by atoms with E-state index in [2.05, 4.69) is 20.7 Å². The van der Waals surface area contributed by atoms with Crippen LogP contribution in [0.4, 0.5) is 13.2 Å². The minimum absolute atomic E-state index is 0.127. The third kappa shape index (κ3) is 3.30. The van der Waals surface area contributed by atoms with E-state index >= 15 is 0 Å². The average molecular weight is 381 g/mol. The highest BCUT2D eigenvalue weighted by atomic mass is 127. The van der Waals surface area contributed by atoms with Gasteiger partial charge in [0.1, 0.15) is 5.75 Å². The number of alkyl halides is 4. The molecule has 1 aromatic rings. The quantitative estimate of drug-likeness (QED) is 0.554. The van der Waals surface area contributed by atoms with Gasteiger partial charge in [0.25, 0.3) is 0 Å². The summed E-state index contributed by atoms with van der Waals surface area (Å²) in [5.74, 6) is -0.127. The van der Waals surface area contributed by atoms with Gasteiger partial charge in [-0.1, -0.05) is 28.1 Å². The molecule has 0 saturated carbocycles. The van der Waals surface area contributed by atoms with Crippen molar-refractivity contribution in [1.29, 1.82) is 0 Å². The van der Waals surface area contributed by atoms with Crippen LogP contribution in [-0.4, -0.2) is 6.36 Å². The highest BCUT2D eigenvalue weighted by Crippen LogP contribution is 2.32. The Labute approximate surface area is 101 Å². The summed E-state index contributed by atoms with van der Waals surface area (Å²) in [5.41, 5.74) is 0.481. The summed E-state index contributed by atoms with van der Waals surface area (Å²) in [4.78, 5) is 0. The summed E-state index contributed by atoms with van der Waals surface area (Å²) in [5, 5.41) is 0.329. The molecule has 1 nitrogen and oxygen atoms in total. The van der Waals surface area contributed by atoms with Crippen molar-refractivity contribution in [3.8, 4) is 5.75 Å². The smallest absolute Gasteiger partial charge is 0.404 e. The molecular weight excluding hydrogens is 376 g/mol. The first-order valence-corrected chi connectivity index (χ1v) is 5.73. The molecule has 78 valence electrons. The van der Waals surface area contributed by atoms with E-state index in [1.54, 1.807) is 40.8 Å². The minimum atomic E-state index is -4.64. The van der Waals surface area contributed by atoms with Gasteiger partial charge >= 0.3 is 6.36 Å². The van der Waals surface area contributed by atoms with Gasteiger partial charge in [0.05, 0.1) is 3.57 Å². The zero-order valence-electron chi connectivity index (χ0n) is 6.74. The first-order chi connectivity index (χ1) is 6.44. The minimum Gasteiger partial charge on any atom is -0.404 e. The summed E-state index contributed by atoms with van der Waals surface area (Å²) in [7, 11) is 0. The number of benzene rings is 1. The second kappa shape index (κ2) is 4.69. The normalized spacial score (nSPS) is 11.5. The maximum Gasteiger partial charge on any atom is 0.573 e. The molecule has 0 unspecified atom stereocenters. The Kier molecular flexibility index (Phi) is 4.05. The lowest BCUT2D eigenvalue weighted by Crippen LogP contribution is -2.18. The Bertz CT molecular complexity index is 327. The molecule has 0 heterocycles. The summed E-state index contributed by atoms with van der Waals surface area (Å²) >= 11 is 4.90. The maximum atomic E-state index is 12.0. The van der Waals surface area contributed by atoms with E-state index in [1.807, 2.05) is 0 Å². The van der Waals surface area contributed by atoms with E-state index in [4.69, 9.17) is 0 Å². The molecule has 0 amide bonds. The van der Waals surface area contributed by atoms with Crippen LogP contribution in [0.25, 0.3) is 0 Å². The molecule has 6 heteroatoms. The van der Waals surface area contributed by atoms with Gasteiger partial charge in [-0.15, -0.1) is 13.2 Å². The van der Waals surface area contributed by atoms with Crippen molar-refractivity contribution < 1.29 is 17.9 Å². The van der Waals surface area contributed by atoms with Crippen LogP contribution in [0.15, 0.2) is 18.2 Å². The molecule has 0 aromatic heterocycles. The van der Waals surface area contributed by atoms with Crippen molar-refractivity contribution in [3.63, 3.8) is 0 Å². The molecule has 0 atom stereocenters. The van der Waals surface area contributed by atoms with Crippen molar-refractivity contribution in [2.45, 2.75) is 11.7 Å². The summed E-state index contributed by atoms with van der Waals surface area (Å²) in [6.45, 7) is 0. The fourth-order valence-electron chi connectivity index (χ4n) is 0.889. The van der Waals surface area contributed by atoms with Gasteiger partial charge in [-0.2, -0.15) is 0 Å². The molecule has 14 heavy (non-hydrogen) atoms. The van der Waals surface area contributed by atoms with E-state index in [1.165, 1.54) is 0 Å². The highest BCUT2D eigenvalue weighted by Gasteiger charge is 2.32. The van der Waals surface area contributed by atoms with Gasteiger partial charge in [-0.25, -0.2) is 0 Å². The third-order valence-electron chi connectivity index (χ3n) is 1.41. The van der Waals surface area contributed by atoms with E-state index in [-0.39, 0.29) is 5.75 Å². The fraction of sp³-hybridized carbons (Fsp3) is 0.250. The molecule has 1 rings (SSSR count). The zero-order valence-corrected chi connectivity index (χ0v) is 10.5. The number of para-hydroxylation sites is 1. The number of ether oxygens (including phenoxy) is 1. The Hall–Kier alpha value is 0.0200. The van der Waals surface area contributed by atoms with Crippen molar-refractivity contribution in [2.24, 2.45) is 0 Å². The molecule has 0 aliphatic rings. The van der Waals surface area contributed by atoms with E-state index in [0.29, 0.717) is 14.5 Å². The second-order valence-corrected chi connectivity index (χ2v) is 4.13. The molecule has 0 fully saturated rings. The van der Waals surface area contributed by atoms with Crippen LogP contribution in [0.2, 0.25) is 0 Å². The number of hydrogen-bond acceptors (Lipinski definition) is 1. The Balaban J connectivity index is 3.05. The molecule has 0 aliphatic heterocycles. The fourth-order valence-corrected chi connectivity index (χ4v) is 1.99. The molecule has 0 N–H and O–H groups in total. The Morgan fingerprint density at radius 3 is 2.50 bits per heavy atom. The number of halogens is 5. The molecule has 0 bridgehead atoms. The maximum absolute atomic E-state index is 12.0. The lowest BCUT2D eigenvalue weighted by molar-refractivity contribution is -0.275. The van der Waals surface area contributed by atoms with Crippen molar-refractivity contribution in [3.05, 3.63) is 27.3 Å². The Morgan fingerprint density at radius 1 is 1.36 bits per heavy atom. The highest BCUT2D eigenvalue weighted by molar-refractivity contribution is 14.1. The topological polar surface area (TPSA) is 9.23 Å². The summed E-state index contributed by atoms with van der Waals surface area (Å²) in [6.07, 6.45) is -4.64. The molecule has 0 radical (unpaired) electrons. The number of rotatable bonds is 2. The van der Waals surface area contributed by atoms with E-state index in [9.17, 15) is 13.2 Å². The Morgan fingerprint density at radius 2 is 2.00 bits per heavy atom. The van der Waals surface area contributed by atoms with Crippen LogP contribution in [0, 0.1) is 3.57 Å². The van der Waals surface area contributed by atoms with Gasteiger partial charge in [0.15, 0.2) is 0 Å². The van der Waals surface area contributed by atoms with Crippen molar-refractivity contribution in [1.82, 2.24) is 0 Å². The number of hydrogen-bond donors (Lipinski definition) is 0. The zero-order chi connectivity index (χ0) is 10.8. The van der Waals surface area contributed by atoms with E-state index in [0.717, 1.165) is 0 Å². The van der Waals surface area contributed by atoms with Crippen LogP contribution in [-0.2, 0) is 5.33 Å². The van der Waals surface area contributed by atoms with Crippen molar-refractivity contribution >= 4 is 38.5 Å². The molecule has 0 spiro atoms. The second-order valence-electron chi connectivity index (χ2n) is 2.41. The molecule has 0 saturated heterocycles. The van der Waals surface area contributed by atoms with Gasteiger partial charge in [0.2, 0.25) is 0 Å². The van der Waals surface area contributed by atoms with Crippen LogP contribution in [0.5, 0.6) is 5.75 Å². The van der Waals surface area contributed by atoms with E-state index < -0.39 is 6.36 Å². The lowest BCUT2D eigenvalue weighted by atomic mass is 10.2. The van der Waals surface area contributed by atoms with Gasteiger partial charge in [0, 0.05) is 10.9 Å². The van der Waals surface area contributed by atoms with Gasteiger partial charge in [-0.3, -0.25) is 0 Å². The largest absolute Gasteiger partial charge is 0.573 e. The molecule has 0 aliphatic carbocycles. The van der Waals surface area contributed by atoms with Crippen LogP contribution in [0.3, 0.4) is 0 Å².